The highest BCUT2D eigenvalue weighted by Gasteiger charge is 2.51. The molecule has 24 heavy (non-hydrogen) atoms. The van der Waals surface area contributed by atoms with Crippen molar-refractivity contribution in [3.63, 3.8) is 0 Å². The molecule has 3 rings (SSSR count). The van der Waals surface area contributed by atoms with Gasteiger partial charge in [-0.2, -0.15) is 13.2 Å². The second-order valence-electron chi connectivity index (χ2n) is 7.12. The Bertz CT molecular complexity index is 621. The number of amides is 1. The fourth-order valence-electron chi connectivity index (χ4n) is 3.16. The second-order valence-corrected chi connectivity index (χ2v) is 7.12. The van der Waals surface area contributed by atoms with Crippen LogP contribution in [0.4, 0.5) is 13.2 Å². The van der Waals surface area contributed by atoms with E-state index in [2.05, 4.69) is 17.1 Å². The Balaban J connectivity index is 1.66. The summed E-state index contributed by atoms with van der Waals surface area (Å²) in [5.41, 5.74) is -1.00. The van der Waals surface area contributed by atoms with Crippen LogP contribution in [0.1, 0.15) is 43.7 Å². The third kappa shape index (κ3) is 3.43. The van der Waals surface area contributed by atoms with Crippen molar-refractivity contribution < 1.29 is 18.0 Å². The standard InChI is InChI=1S/C18H23F3N2O/c1-12(23(2)15-6-7-15)11-22-16(24)17(8-9-17)13-4-3-5-14(10-13)18(19,20)21/h3-5,10,12,15H,6-9,11H2,1-2H3,(H,22,24). The van der Waals surface area contributed by atoms with E-state index >= 15 is 0 Å². The number of nitrogens with one attached hydrogen (secondary N) is 1. The molecule has 2 fully saturated rings. The van der Waals surface area contributed by atoms with Crippen LogP contribution in [0.25, 0.3) is 0 Å². The van der Waals surface area contributed by atoms with E-state index < -0.39 is 17.2 Å². The van der Waals surface area contributed by atoms with Gasteiger partial charge in [0.25, 0.3) is 0 Å². The van der Waals surface area contributed by atoms with Crippen molar-refractivity contribution >= 4 is 5.91 Å². The van der Waals surface area contributed by atoms with E-state index in [0.717, 1.165) is 12.1 Å². The van der Waals surface area contributed by atoms with E-state index in [-0.39, 0.29) is 11.9 Å². The van der Waals surface area contributed by atoms with Gasteiger partial charge in [0.05, 0.1) is 11.0 Å². The SMILES string of the molecule is CC(CNC(=O)C1(c2cccc(C(F)(F)F)c2)CC1)N(C)C1CC1. The zero-order valence-electron chi connectivity index (χ0n) is 14.0. The van der Waals surface area contributed by atoms with E-state index in [1.54, 1.807) is 6.07 Å². The Labute approximate surface area is 140 Å². The minimum atomic E-state index is -4.38. The van der Waals surface area contributed by atoms with E-state index in [4.69, 9.17) is 0 Å². The Kier molecular flexibility index (Phi) is 4.36. The fraction of sp³-hybridized carbons (Fsp3) is 0.611. The summed E-state index contributed by atoms with van der Waals surface area (Å²) in [6.45, 7) is 2.58. The van der Waals surface area contributed by atoms with Gasteiger partial charge in [-0.1, -0.05) is 18.2 Å². The van der Waals surface area contributed by atoms with Crippen molar-refractivity contribution in [3.8, 4) is 0 Å². The van der Waals surface area contributed by atoms with Crippen molar-refractivity contribution in [2.24, 2.45) is 0 Å². The monoisotopic (exact) mass is 340 g/mol. The van der Waals surface area contributed by atoms with Crippen LogP contribution in [0.15, 0.2) is 24.3 Å². The van der Waals surface area contributed by atoms with Gasteiger partial charge in [-0.05, 0) is 51.3 Å². The maximum absolute atomic E-state index is 12.9. The van der Waals surface area contributed by atoms with Gasteiger partial charge < -0.3 is 5.32 Å². The third-order valence-electron chi connectivity index (χ3n) is 5.30. The van der Waals surface area contributed by atoms with Gasteiger partial charge in [0, 0.05) is 18.6 Å². The molecule has 0 radical (unpaired) electrons. The number of carbonyl (C=O) groups excluding carboxylic acids is 1. The molecule has 1 aromatic carbocycles. The van der Waals surface area contributed by atoms with Gasteiger partial charge in [-0.25, -0.2) is 0 Å². The minimum absolute atomic E-state index is 0.155. The molecule has 2 saturated carbocycles. The smallest absolute Gasteiger partial charge is 0.354 e. The summed E-state index contributed by atoms with van der Waals surface area (Å²) in [6.07, 6.45) is -0.782. The van der Waals surface area contributed by atoms with Crippen LogP contribution in [0.2, 0.25) is 0 Å². The number of hydrogen-bond acceptors (Lipinski definition) is 2. The molecule has 6 heteroatoms. The predicted molar refractivity (Wildman–Crippen MR) is 85.6 cm³/mol. The lowest BCUT2D eigenvalue weighted by Crippen LogP contribution is -2.44. The van der Waals surface area contributed by atoms with Crippen LogP contribution < -0.4 is 5.32 Å². The topological polar surface area (TPSA) is 32.3 Å². The maximum atomic E-state index is 12.9. The fourth-order valence-corrected chi connectivity index (χ4v) is 3.16. The number of benzene rings is 1. The molecule has 0 bridgehead atoms. The third-order valence-corrected chi connectivity index (χ3v) is 5.30. The van der Waals surface area contributed by atoms with Crippen molar-refractivity contribution in [2.75, 3.05) is 13.6 Å². The van der Waals surface area contributed by atoms with Crippen LogP contribution in [0, 0.1) is 0 Å². The molecule has 132 valence electrons. The first kappa shape index (κ1) is 17.3. The lowest BCUT2D eigenvalue weighted by Gasteiger charge is -2.26. The zero-order chi connectivity index (χ0) is 17.5. The van der Waals surface area contributed by atoms with Crippen LogP contribution in [-0.4, -0.2) is 36.5 Å². The summed E-state index contributed by atoms with van der Waals surface area (Å²) in [4.78, 5) is 14.8. The van der Waals surface area contributed by atoms with Gasteiger partial charge in [-0.3, -0.25) is 9.69 Å². The summed E-state index contributed by atoms with van der Waals surface area (Å²) < 4.78 is 38.7. The molecule has 1 unspecified atom stereocenters. The van der Waals surface area contributed by atoms with Gasteiger partial charge in [0.15, 0.2) is 0 Å². The van der Waals surface area contributed by atoms with E-state index in [9.17, 15) is 18.0 Å². The largest absolute Gasteiger partial charge is 0.416 e. The first-order valence-corrected chi connectivity index (χ1v) is 8.42. The maximum Gasteiger partial charge on any atom is 0.416 e. The lowest BCUT2D eigenvalue weighted by molar-refractivity contribution is -0.137. The van der Waals surface area contributed by atoms with Crippen LogP contribution in [0.3, 0.4) is 0 Å². The molecule has 0 aromatic heterocycles. The highest BCUT2D eigenvalue weighted by molar-refractivity contribution is 5.91. The number of likely N-dealkylation sites (N-methyl/N-ethyl adjacent to an activating group) is 1. The number of rotatable bonds is 6. The van der Waals surface area contributed by atoms with E-state index in [1.165, 1.54) is 18.9 Å². The molecular weight excluding hydrogens is 317 g/mol. The zero-order valence-corrected chi connectivity index (χ0v) is 14.0. The molecule has 0 spiro atoms. The average Bonchev–Trinajstić information content (AvgIpc) is 3.43. The number of nitrogens with zero attached hydrogens (tertiary/aromatic N) is 1. The molecule has 2 aliphatic rings. The Morgan fingerprint density at radius 2 is 2.04 bits per heavy atom. The van der Waals surface area contributed by atoms with Crippen molar-refractivity contribution in [2.45, 2.75) is 56.3 Å². The molecule has 2 aliphatic carbocycles. The summed E-state index contributed by atoms with van der Waals surface area (Å²) in [6, 6.07) is 6.00. The van der Waals surface area contributed by atoms with E-state index in [0.29, 0.717) is 31.0 Å². The predicted octanol–water partition coefficient (Wildman–Crippen LogP) is 3.34. The van der Waals surface area contributed by atoms with Crippen molar-refractivity contribution in [3.05, 3.63) is 35.4 Å². The summed E-state index contributed by atoms with van der Waals surface area (Å²) in [5, 5.41) is 2.94. The van der Waals surface area contributed by atoms with Crippen LogP contribution >= 0.6 is 0 Å². The van der Waals surface area contributed by atoms with E-state index in [1.807, 2.05) is 7.05 Å². The normalized spacial score (nSPS) is 20.8. The first-order valence-electron chi connectivity index (χ1n) is 8.42. The van der Waals surface area contributed by atoms with Gasteiger partial charge in [-0.15, -0.1) is 0 Å². The van der Waals surface area contributed by atoms with Gasteiger partial charge in [0.1, 0.15) is 0 Å². The van der Waals surface area contributed by atoms with Gasteiger partial charge in [0.2, 0.25) is 5.91 Å². The molecule has 1 aromatic rings. The number of alkyl halides is 3. The van der Waals surface area contributed by atoms with Crippen LogP contribution in [0.5, 0.6) is 0 Å². The molecule has 1 amide bonds. The molecule has 1 N–H and O–H groups in total. The summed E-state index contributed by atoms with van der Waals surface area (Å²) in [7, 11) is 2.05. The molecule has 3 nitrogen and oxygen atoms in total. The highest BCUT2D eigenvalue weighted by atomic mass is 19.4. The van der Waals surface area contributed by atoms with Crippen LogP contribution in [-0.2, 0) is 16.4 Å². The average molecular weight is 340 g/mol. The molecule has 0 heterocycles. The Morgan fingerprint density at radius 1 is 1.38 bits per heavy atom. The number of hydrogen-bond donors (Lipinski definition) is 1. The highest BCUT2D eigenvalue weighted by Crippen LogP contribution is 2.49. The molecule has 0 saturated heterocycles. The number of carbonyl (C=O) groups is 1. The van der Waals surface area contributed by atoms with Crippen molar-refractivity contribution in [1.82, 2.24) is 10.2 Å². The Morgan fingerprint density at radius 3 is 2.58 bits per heavy atom. The summed E-state index contributed by atoms with van der Waals surface area (Å²) in [5.74, 6) is -0.155. The quantitative estimate of drug-likeness (QED) is 0.861. The molecule has 1 atom stereocenters. The number of halogens is 3. The van der Waals surface area contributed by atoms with Crippen molar-refractivity contribution in [1.29, 1.82) is 0 Å². The lowest BCUT2D eigenvalue weighted by atomic mass is 9.93. The minimum Gasteiger partial charge on any atom is -0.354 e. The second kappa shape index (κ2) is 6.06. The van der Waals surface area contributed by atoms with Gasteiger partial charge >= 0.3 is 6.18 Å². The molecule has 0 aliphatic heterocycles. The summed E-state index contributed by atoms with van der Waals surface area (Å²) >= 11 is 0. The molecular formula is C18H23F3N2O. The Hall–Kier alpha value is -1.56. The first-order chi connectivity index (χ1) is 11.2.